The summed E-state index contributed by atoms with van der Waals surface area (Å²) in [5, 5.41) is 0. The fraction of sp³-hybridized carbons (Fsp3) is 0.538. The van der Waals surface area contributed by atoms with Gasteiger partial charge in [-0.05, 0) is 31.5 Å². The molecule has 0 unspecified atom stereocenters. The Labute approximate surface area is 114 Å². The van der Waals surface area contributed by atoms with Crippen molar-refractivity contribution in [2.24, 2.45) is 5.73 Å². The molecule has 0 atom stereocenters. The van der Waals surface area contributed by atoms with E-state index >= 15 is 0 Å². The van der Waals surface area contributed by atoms with Gasteiger partial charge in [-0.15, -0.1) is 0 Å². The monoisotopic (exact) mass is 284 g/mol. The number of hydrogen-bond acceptors (Lipinski definition) is 4. The van der Waals surface area contributed by atoms with Gasteiger partial charge in [0.2, 0.25) is 10.0 Å². The summed E-state index contributed by atoms with van der Waals surface area (Å²) >= 11 is 0. The highest BCUT2D eigenvalue weighted by molar-refractivity contribution is 7.92. The van der Waals surface area contributed by atoms with Crippen molar-refractivity contribution in [3.63, 3.8) is 0 Å². The van der Waals surface area contributed by atoms with Crippen molar-refractivity contribution in [3.8, 4) is 5.75 Å². The minimum absolute atomic E-state index is 0.137. The molecule has 1 aromatic rings. The minimum Gasteiger partial charge on any atom is -0.491 e. The number of ether oxygens (including phenoxy) is 1. The van der Waals surface area contributed by atoms with E-state index in [2.05, 4.69) is 0 Å². The number of para-hydroxylation sites is 2. The fourth-order valence-corrected chi connectivity index (χ4v) is 3.77. The summed E-state index contributed by atoms with van der Waals surface area (Å²) in [6.45, 7) is 1.54. The molecule has 0 radical (unpaired) electrons. The Hall–Kier alpha value is -1.27. The predicted octanol–water partition coefficient (Wildman–Crippen LogP) is 1.34. The first-order valence-electron chi connectivity index (χ1n) is 6.57. The van der Waals surface area contributed by atoms with Gasteiger partial charge in [-0.1, -0.05) is 12.1 Å². The molecule has 19 heavy (non-hydrogen) atoms. The average molecular weight is 284 g/mol. The molecule has 1 heterocycles. The smallest absolute Gasteiger partial charge is 0.235 e. The zero-order chi connectivity index (χ0) is 13.7. The van der Waals surface area contributed by atoms with Gasteiger partial charge in [-0.2, -0.15) is 0 Å². The van der Waals surface area contributed by atoms with E-state index in [0.29, 0.717) is 44.0 Å². The Bertz CT molecular complexity index is 516. The van der Waals surface area contributed by atoms with E-state index in [1.54, 1.807) is 6.07 Å². The Morgan fingerprint density at radius 3 is 2.84 bits per heavy atom. The third kappa shape index (κ3) is 3.39. The van der Waals surface area contributed by atoms with Crippen LogP contribution >= 0.6 is 0 Å². The first-order chi connectivity index (χ1) is 9.15. The summed E-state index contributed by atoms with van der Waals surface area (Å²) in [6, 6.07) is 7.28. The first kappa shape index (κ1) is 14.1. The van der Waals surface area contributed by atoms with E-state index in [4.69, 9.17) is 10.5 Å². The first-order valence-corrected chi connectivity index (χ1v) is 8.18. The van der Waals surface area contributed by atoms with Crippen LogP contribution in [0.4, 0.5) is 5.69 Å². The van der Waals surface area contributed by atoms with E-state index in [0.717, 1.165) is 6.42 Å². The highest BCUT2D eigenvalue weighted by Crippen LogP contribution is 2.32. The number of nitrogens with two attached hydrogens (primary N) is 1. The number of benzene rings is 1. The molecule has 1 aromatic carbocycles. The minimum atomic E-state index is -3.29. The lowest BCUT2D eigenvalue weighted by molar-refractivity contribution is 0.322. The molecule has 106 valence electrons. The topological polar surface area (TPSA) is 72.6 Å². The van der Waals surface area contributed by atoms with Crippen LogP contribution in [0.5, 0.6) is 5.75 Å². The van der Waals surface area contributed by atoms with Crippen LogP contribution < -0.4 is 14.8 Å². The van der Waals surface area contributed by atoms with Crippen LogP contribution in [0.1, 0.15) is 19.3 Å². The molecule has 2 rings (SSSR count). The fourth-order valence-electron chi connectivity index (χ4n) is 2.12. The zero-order valence-electron chi connectivity index (χ0n) is 10.9. The number of nitrogens with zero attached hydrogens (tertiary/aromatic N) is 1. The van der Waals surface area contributed by atoms with Crippen molar-refractivity contribution in [1.82, 2.24) is 0 Å². The quantitative estimate of drug-likeness (QED) is 0.828. The molecule has 0 amide bonds. The van der Waals surface area contributed by atoms with Crippen molar-refractivity contribution in [2.45, 2.75) is 19.3 Å². The summed E-state index contributed by atoms with van der Waals surface area (Å²) in [7, 11) is -3.29. The molecule has 0 saturated heterocycles. The molecular weight excluding hydrogens is 264 g/mol. The lowest BCUT2D eigenvalue weighted by atomic mass is 10.3. The molecule has 0 spiro atoms. The van der Waals surface area contributed by atoms with Crippen LogP contribution in [0, 0.1) is 0 Å². The van der Waals surface area contributed by atoms with Crippen LogP contribution in [0.15, 0.2) is 24.3 Å². The molecule has 0 saturated carbocycles. The van der Waals surface area contributed by atoms with Crippen LogP contribution in [-0.4, -0.2) is 33.9 Å². The second kappa shape index (κ2) is 6.25. The summed E-state index contributed by atoms with van der Waals surface area (Å²) < 4.78 is 31.9. The molecule has 5 nitrogen and oxygen atoms in total. The second-order valence-corrected chi connectivity index (χ2v) is 6.57. The molecule has 1 aliphatic rings. The standard InChI is InChI=1S/C13H20N2O3S/c14-8-3-4-11-19(16,17)15-9-5-10-18-13-7-2-1-6-12(13)15/h1-2,6-7H,3-5,8-11,14H2. The lowest BCUT2D eigenvalue weighted by Gasteiger charge is -2.23. The van der Waals surface area contributed by atoms with E-state index in [9.17, 15) is 8.42 Å². The van der Waals surface area contributed by atoms with Crippen molar-refractivity contribution in [2.75, 3.05) is 29.8 Å². The molecular formula is C13H20N2O3S. The van der Waals surface area contributed by atoms with Crippen molar-refractivity contribution >= 4 is 15.7 Å². The number of unbranched alkanes of at least 4 members (excludes halogenated alkanes) is 1. The van der Waals surface area contributed by atoms with Gasteiger partial charge in [0.1, 0.15) is 5.75 Å². The summed E-state index contributed by atoms with van der Waals surface area (Å²) in [5.41, 5.74) is 6.06. The van der Waals surface area contributed by atoms with Gasteiger partial charge in [-0.25, -0.2) is 8.42 Å². The molecule has 6 heteroatoms. The maximum absolute atomic E-state index is 12.4. The maximum atomic E-state index is 12.4. The Kier molecular flexibility index (Phi) is 4.66. The van der Waals surface area contributed by atoms with Gasteiger partial charge < -0.3 is 10.5 Å². The second-order valence-electron chi connectivity index (χ2n) is 4.55. The third-order valence-electron chi connectivity index (χ3n) is 3.09. The van der Waals surface area contributed by atoms with Gasteiger partial charge >= 0.3 is 0 Å². The Morgan fingerprint density at radius 2 is 2.05 bits per heavy atom. The lowest BCUT2D eigenvalue weighted by Crippen LogP contribution is -2.33. The van der Waals surface area contributed by atoms with Gasteiger partial charge in [0.05, 0.1) is 18.0 Å². The van der Waals surface area contributed by atoms with Gasteiger partial charge in [0.25, 0.3) is 0 Å². The number of anilines is 1. The summed E-state index contributed by atoms with van der Waals surface area (Å²) in [6.07, 6.45) is 2.02. The van der Waals surface area contributed by atoms with Gasteiger partial charge in [-0.3, -0.25) is 4.31 Å². The third-order valence-corrected chi connectivity index (χ3v) is 4.94. The van der Waals surface area contributed by atoms with Crippen molar-refractivity contribution in [1.29, 1.82) is 0 Å². The molecule has 2 N–H and O–H groups in total. The SMILES string of the molecule is NCCCCS(=O)(=O)N1CCCOc2ccccc21. The normalized spacial score (nSPS) is 15.5. The Morgan fingerprint density at radius 1 is 1.26 bits per heavy atom. The molecule has 0 fully saturated rings. The van der Waals surface area contributed by atoms with Crippen LogP contribution in [0.3, 0.4) is 0 Å². The molecule has 1 aliphatic heterocycles. The van der Waals surface area contributed by atoms with E-state index in [1.165, 1.54) is 4.31 Å². The Balaban J connectivity index is 2.23. The average Bonchev–Trinajstić information content (AvgIpc) is 2.61. The summed E-state index contributed by atoms with van der Waals surface area (Å²) in [5.74, 6) is 0.779. The largest absolute Gasteiger partial charge is 0.491 e. The van der Waals surface area contributed by atoms with Crippen LogP contribution in [-0.2, 0) is 10.0 Å². The maximum Gasteiger partial charge on any atom is 0.235 e. The summed E-state index contributed by atoms with van der Waals surface area (Å²) in [4.78, 5) is 0. The number of rotatable bonds is 5. The molecule has 0 aliphatic carbocycles. The van der Waals surface area contributed by atoms with Gasteiger partial charge in [0, 0.05) is 13.0 Å². The zero-order valence-corrected chi connectivity index (χ0v) is 11.7. The van der Waals surface area contributed by atoms with Crippen molar-refractivity contribution in [3.05, 3.63) is 24.3 Å². The van der Waals surface area contributed by atoms with Crippen molar-refractivity contribution < 1.29 is 13.2 Å². The highest BCUT2D eigenvalue weighted by atomic mass is 32.2. The highest BCUT2D eigenvalue weighted by Gasteiger charge is 2.26. The van der Waals surface area contributed by atoms with Crippen LogP contribution in [0.25, 0.3) is 0 Å². The van der Waals surface area contributed by atoms with E-state index in [1.807, 2.05) is 18.2 Å². The van der Waals surface area contributed by atoms with Gasteiger partial charge in [0.15, 0.2) is 0 Å². The predicted molar refractivity (Wildman–Crippen MR) is 76.0 cm³/mol. The molecule has 0 aromatic heterocycles. The molecule has 0 bridgehead atoms. The van der Waals surface area contributed by atoms with E-state index < -0.39 is 10.0 Å². The number of sulfonamides is 1. The number of hydrogen-bond donors (Lipinski definition) is 1. The van der Waals surface area contributed by atoms with E-state index in [-0.39, 0.29) is 5.75 Å². The number of fused-ring (bicyclic) bond motifs is 1. The van der Waals surface area contributed by atoms with Crippen LogP contribution in [0.2, 0.25) is 0 Å².